The van der Waals surface area contributed by atoms with Crippen LogP contribution in [0.4, 0.5) is 0 Å². The number of thioether (sulfide) groups is 1. The summed E-state index contributed by atoms with van der Waals surface area (Å²) in [6.07, 6.45) is 12.4. The van der Waals surface area contributed by atoms with Gasteiger partial charge in [-0.3, -0.25) is 4.79 Å². The van der Waals surface area contributed by atoms with Crippen molar-refractivity contribution in [3.63, 3.8) is 0 Å². The van der Waals surface area contributed by atoms with E-state index in [0.717, 1.165) is 6.42 Å². The Labute approximate surface area is 99.4 Å². The molecule has 1 nitrogen and oxygen atoms in total. The molecule has 0 saturated carbocycles. The van der Waals surface area contributed by atoms with Crippen LogP contribution in [0.1, 0.15) is 65.2 Å². The highest BCUT2D eigenvalue weighted by molar-refractivity contribution is 7.99. The van der Waals surface area contributed by atoms with Crippen molar-refractivity contribution in [1.82, 2.24) is 0 Å². The molecule has 0 aliphatic heterocycles. The Morgan fingerprint density at radius 3 is 2.07 bits per heavy atom. The van der Waals surface area contributed by atoms with E-state index in [0.29, 0.717) is 5.78 Å². The SMILES string of the molecule is CCCCCCCCCC(SC)C(C)=O. The van der Waals surface area contributed by atoms with Crippen molar-refractivity contribution in [2.24, 2.45) is 0 Å². The fourth-order valence-electron chi connectivity index (χ4n) is 1.77. The van der Waals surface area contributed by atoms with Crippen molar-refractivity contribution in [2.45, 2.75) is 70.5 Å². The van der Waals surface area contributed by atoms with Crippen molar-refractivity contribution < 1.29 is 4.79 Å². The molecule has 0 radical (unpaired) electrons. The molecule has 1 unspecified atom stereocenters. The first-order chi connectivity index (χ1) is 7.22. The van der Waals surface area contributed by atoms with Gasteiger partial charge in [0.1, 0.15) is 5.78 Å². The Bertz CT molecular complexity index is 157. The molecule has 0 amide bonds. The number of ketones is 1. The summed E-state index contributed by atoms with van der Waals surface area (Å²) in [4.78, 5) is 11.2. The van der Waals surface area contributed by atoms with Gasteiger partial charge in [-0.1, -0.05) is 51.9 Å². The van der Waals surface area contributed by atoms with Crippen molar-refractivity contribution in [3.05, 3.63) is 0 Å². The van der Waals surface area contributed by atoms with Crippen molar-refractivity contribution in [1.29, 1.82) is 0 Å². The van der Waals surface area contributed by atoms with Crippen molar-refractivity contribution in [3.8, 4) is 0 Å². The van der Waals surface area contributed by atoms with Crippen LogP contribution >= 0.6 is 11.8 Å². The summed E-state index contributed by atoms with van der Waals surface area (Å²) in [6, 6.07) is 0. The number of hydrogen-bond acceptors (Lipinski definition) is 2. The monoisotopic (exact) mass is 230 g/mol. The summed E-state index contributed by atoms with van der Waals surface area (Å²) in [5, 5.41) is 0.251. The van der Waals surface area contributed by atoms with Crippen LogP contribution in [0.15, 0.2) is 0 Å². The normalized spacial score (nSPS) is 12.7. The molecule has 0 spiro atoms. The summed E-state index contributed by atoms with van der Waals surface area (Å²) < 4.78 is 0. The Morgan fingerprint density at radius 1 is 1.07 bits per heavy atom. The number of hydrogen-bond donors (Lipinski definition) is 0. The summed E-state index contributed by atoms with van der Waals surface area (Å²) in [7, 11) is 0. The minimum atomic E-state index is 0.251. The Morgan fingerprint density at radius 2 is 1.60 bits per heavy atom. The molecule has 0 saturated heterocycles. The lowest BCUT2D eigenvalue weighted by Crippen LogP contribution is -2.12. The minimum absolute atomic E-state index is 0.251. The van der Waals surface area contributed by atoms with Crippen LogP contribution in [-0.2, 0) is 4.79 Å². The molecule has 0 heterocycles. The highest BCUT2D eigenvalue weighted by Gasteiger charge is 2.10. The highest BCUT2D eigenvalue weighted by Crippen LogP contribution is 2.17. The largest absolute Gasteiger partial charge is 0.299 e. The summed E-state index contributed by atoms with van der Waals surface area (Å²) in [5.41, 5.74) is 0. The van der Waals surface area contributed by atoms with Gasteiger partial charge in [-0.2, -0.15) is 11.8 Å². The lowest BCUT2D eigenvalue weighted by Gasteiger charge is -2.09. The Balaban J connectivity index is 3.25. The Kier molecular flexibility index (Phi) is 10.5. The summed E-state index contributed by atoms with van der Waals surface area (Å²) >= 11 is 1.70. The van der Waals surface area contributed by atoms with E-state index in [2.05, 4.69) is 6.92 Å². The molecular weight excluding hydrogens is 204 g/mol. The molecule has 0 aliphatic carbocycles. The van der Waals surface area contributed by atoms with E-state index in [1.165, 1.54) is 44.9 Å². The molecule has 0 aromatic carbocycles. The van der Waals surface area contributed by atoms with Gasteiger partial charge in [-0.15, -0.1) is 0 Å². The molecule has 0 aromatic rings. The smallest absolute Gasteiger partial charge is 0.142 e. The van der Waals surface area contributed by atoms with E-state index in [1.807, 2.05) is 6.26 Å². The molecule has 0 N–H and O–H groups in total. The predicted octanol–water partition coefficient (Wildman–Crippen LogP) is 4.45. The number of rotatable bonds is 10. The number of carbonyl (C=O) groups is 1. The topological polar surface area (TPSA) is 17.1 Å². The number of Topliss-reactive ketones (excluding diaryl/α,β-unsaturated/α-hetero) is 1. The van der Waals surface area contributed by atoms with Gasteiger partial charge in [0, 0.05) is 0 Å². The summed E-state index contributed by atoms with van der Waals surface area (Å²) in [6.45, 7) is 3.96. The third kappa shape index (κ3) is 8.98. The molecule has 1 atom stereocenters. The molecule has 90 valence electrons. The van der Waals surface area contributed by atoms with E-state index in [1.54, 1.807) is 18.7 Å². The molecule has 0 aromatic heterocycles. The van der Waals surface area contributed by atoms with Crippen LogP contribution in [0, 0.1) is 0 Å². The van der Waals surface area contributed by atoms with Crippen LogP contribution < -0.4 is 0 Å². The lowest BCUT2D eigenvalue weighted by atomic mass is 10.1. The molecule has 0 bridgehead atoms. The lowest BCUT2D eigenvalue weighted by molar-refractivity contribution is -0.116. The van der Waals surface area contributed by atoms with Gasteiger partial charge >= 0.3 is 0 Å². The maximum Gasteiger partial charge on any atom is 0.142 e. The maximum atomic E-state index is 11.2. The van der Waals surface area contributed by atoms with Gasteiger partial charge in [0.05, 0.1) is 5.25 Å². The fraction of sp³-hybridized carbons (Fsp3) is 0.923. The van der Waals surface area contributed by atoms with Crippen molar-refractivity contribution in [2.75, 3.05) is 6.26 Å². The predicted molar refractivity (Wildman–Crippen MR) is 70.6 cm³/mol. The first-order valence-electron chi connectivity index (χ1n) is 6.25. The molecule has 0 rings (SSSR count). The maximum absolute atomic E-state index is 11.2. The third-order valence-corrected chi connectivity index (χ3v) is 3.94. The van der Waals surface area contributed by atoms with E-state index < -0.39 is 0 Å². The summed E-state index contributed by atoms with van der Waals surface area (Å²) in [5.74, 6) is 0.341. The van der Waals surface area contributed by atoms with Crippen LogP contribution in [0.5, 0.6) is 0 Å². The van der Waals surface area contributed by atoms with Gasteiger partial charge in [0.25, 0.3) is 0 Å². The van der Waals surface area contributed by atoms with Gasteiger partial charge in [0.2, 0.25) is 0 Å². The zero-order valence-electron chi connectivity index (χ0n) is 10.6. The standard InChI is InChI=1S/C13H26OS/c1-4-5-6-7-8-9-10-11-13(15-3)12(2)14/h13H,4-11H2,1-3H3. The van der Waals surface area contributed by atoms with E-state index >= 15 is 0 Å². The second-order valence-corrected chi connectivity index (χ2v) is 5.29. The van der Waals surface area contributed by atoms with Crippen LogP contribution in [0.25, 0.3) is 0 Å². The van der Waals surface area contributed by atoms with Crippen LogP contribution in [0.2, 0.25) is 0 Å². The second kappa shape index (κ2) is 10.5. The first-order valence-corrected chi connectivity index (χ1v) is 7.54. The number of carbonyl (C=O) groups excluding carboxylic acids is 1. The van der Waals surface area contributed by atoms with Gasteiger partial charge < -0.3 is 0 Å². The fourth-order valence-corrected chi connectivity index (χ4v) is 2.51. The highest BCUT2D eigenvalue weighted by atomic mass is 32.2. The van der Waals surface area contributed by atoms with E-state index in [4.69, 9.17) is 0 Å². The van der Waals surface area contributed by atoms with Gasteiger partial charge in [-0.25, -0.2) is 0 Å². The van der Waals surface area contributed by atoms with Gasteiger partial charge in [-0.05, 0) is 19.6 Å². The molecular formula is C13H26OS. The molecule has 0 aliphatic rings. The van der Waals surface area contributed by atoms with E-state index in [-0.39, 0.29) is 5.25 Å². The average Bonchev–Trinajstić information content (AvgIpc) is 2.21. The Hall–Kier alpha value is 0.0200. The zero-order chi connectivity index (χ0) is 11.5. The quantitative estimate of drug-likeness (QED) is 0.516. The third-order valence-electron chi connectivity index (χ3n) is 2.81. The van der Waals surface area contributed by atoms with Crippen LogP contribution in [0.3, 0.4) is 0 Å². The zero-order valence-corrected chi connectivity index (χ0v) is 11.4. The first kappa shape index (κ1) is 15.0. The molecule has 2 heteroatoms. The van der Waals surface area contributed by atoms with E-state index in [9.17, 15) is 4.79 Å². The molecule has 0 fully saturated rings. The van der Waals surface area contributed by atoms with Crippen molar-refractivity contribution >= 4 is 17.5 Å². The second-order valence-electron chi connectivity index (χ2n) is 4.24. The van der Waals surface area contributed by atoms with Crippen LogP contribution in [-0.4, -0.2) is 17.3 Å². The minimum Gasteiger partial charge on any atom is -0.299 e. The average molecular weight is 230 g/mol. The van der Waals surface area contributed by atoms with Gasteiger partial charge in [0.15, 0.2) is 0 Å². The number of unbranched alkanes of at least 4 members (excludes halogenated alkanes) is 6. The molecule has 15 heavy (non-hydrogen) atoms.